The molecule has 17 heavy (non-hydrogen) atoms. The molecule has 1 heterocycles. The Balaban J connectivity index is 2.51. The Hall–Kier alpha value is -1.79. The van der Waals surface area contributed by atoms with Crippen molar-refractivity contribution in [3.8, 4) is 11.3 Å². The number of aliphatic hydroxyl groups excluding tert-OH is 1. The maximum Gasteiger partial charge on any atom is 0.123 e. The lowest BCUT2D eigenvalue weighted by atomic mass is 10.1. The van der Waals surface area contributed by atoms with E-state index in [1.807, 2.05) is 0 Å². The number of nitrogens with zero attached hydrogens (tertiary/aromatic N) is 3. The molecule has 0 atom stereocenters. The predicted octanol–water partition coefficient (Wildman–Crippen LogP) is 0.535. The summed E-state index contributed by atoms with van der Waals surface area (Å²) < 4.78 is 14.7. The minimum atomic E-state index is -0.331. The molecule has 3 N–H and O–H groups in total. The zero-order valence-electron chi connectivity index (χ0n) is 9.17. The molecule has 2 aromatic rings. The van der Waals surface area contributed by atoms with E-state index in [1.165, 1.54) is 16.8 Å². The molecule has 0 saturated carbocycles. The van der Waals surface area contributed by atoms with Crippen LogP contribution in [0.3, 0.4) is 0 Å². The fraction of sp³-hybridized carbons (Fsp3) is 0.273. The fourth-order valence-electron chi connectivity index (χ4n) is 1.69. The number of hydrogen-bond acceptors (Lipinski definition) is 4. The summed E-state index contributed by atoms with van der Waals surface area (Å²) in [6.07, 6.45) is 0. The average molecular weight is 236 g/mol. The molecule has 2 rings (SSSR count). The molecule has 0 aliphatic carbocycles. The summed E-state index contributed by atoms with van der Waals surface area (Å²) in [5.41, 5.74) is 7.46. The van der Waals surface area contributed by atoms with E-state index in [-0.39, 0.29) is 19.0 Å². The molecule has 0 fully saturated rings. The summed E-state index contributed by atoms with van der Waals surface area (Å²) in [5, 5.41) is 16.7. The molecule has 0 radical (unpaired) electrons. The number of benzene rings is 1. The van der Waals surface area contributed by atoms with Gasteiger partial charge in [-0.3, -0.25) is 0 Å². The number of halogens is 1. The Morgan fingerprint density at radius 1 is 1.41 bits per heavy atom. The fourth-order valence-corrected chi connectivity index (χ4v) is 1.69. The molecular weight excluding hydrogens is 223 g/mol. The van der Waals surface area contributed by atoms with Gasteiger partial charge in [0.1, 0.15) is 11.5 Å². The van der Waals surface area contributed by atoms with Gasteiger partial charge in [0.2, 0.25) is 0 Å². The topological polar surface area (TPSA) is 77.0 Å². The quantitative estimate of drug-likeness (QED) is 0.812. The van der Waals surface area contributed by atoms with Crippen molar-refractivity contribution in [2.45, 2.75) is 13.1 Å². The van der Waals surface area contributed by atoms with Gasteiger partial charge in [0, 0.05) is 12.1 Å². The standard InChI is InChI=1S/C11H13FN4O/c12-9-3-1-2-8(6-9)11-10(7-13)14-15-16(11)4-5-17/h1-3,6,17H,4-5,7,13H2. The lowest BCUT2D eigenvalue weighted by Gasteiger charge is -2.06. The normalized spacial score (nSPS) is 10.8. The first-order chi connectivity index (χ1) is 8.26. The van der Waals surface area contributed by atoms with E-state index in [4.69, 9.17) is 10.8 Å². The summed E-state index contributed by atoms with van der Waals surface area (Å²) in [4.78, 5) is 0. The van der Waals surface area contributed by atoms with Gasteiger partial charge in [-0.25, -0.2) is 9.07 Å². The Kier molecular flexibility index (Phi) is 3.46. The zero-order chi connectivity index (χ0) is 12.3. The number of hydrogen-bond donors (Lipinski definition) is 2. The van der Waals surface area contributed by atoms with Crippen molar-refractivity contribution in [2.24, 2.45) is 5.73 Å². The van der Waals surface area contributed by atoms with Crippen molar-refractivity contribution in [2.75, 3.05) is 6.61 Å². The molecule has 1 aromatic carbocycles. The van der Waals surface area contributed by atoms with Crippen LogP contribution in [0.1, 0.15) is 5.69 Å². The predicted molar refractivity (Wildman–Crippen MR) is 60.4 cm³/mol. The molecule has 0 spiro atoms. The highest BCUT2D eigenvalue weighted by Crippen LogP contribution is 2.22. The minimum absolute atomic E-state index is 0.0598. The minimum Gasteiger partial charge on any atom is -0.394 e. The van der Waals surface area contributed by atoms with Crippen LogP contribution in [0.2, 0.25) is 0 Å². The second kappa shape index (κ2) is 5.03. The first-order valence-electron chi connectivity index (χ1n) is 5.25. The number of nitrogens with two attached hydrogens (primary N) is 1. The van der Waals surface area contributed by atoms with E-state index in [9.17, 15) is 4.39 Å². The Labute approximate surface area is 97.7 Å². The van der Waals surface area contributed by atoms with Crippen LogP contribution in [-0.2, 0) is 13.1 Å². The van der Waals surface area contributed by atoms with Crippen LogP contribution in [0.4, 0.5) is 4.39 Å². The van der Waals surface area contributed by atoms with Gasteiger partial charge in [-0.05, 0) is 12.1 Å². The number of aromatic nitrogens is 3. The largest absolute Gasteiger partial charge is 0.394 e. The van der Waals surface area contributed by atoms with Crippen molar-refractivity contribution in [3.05, 3.63) is 35.8 Å². The van der Waals surface area contributed by atoms with Crippen molar-refractivity contribution in [1.29, 1.82) is 0 Å². The first-order valence-corrected chi connectivity index (χ1v) is 5.25. The van der Waals surface area contributed by atoms with E-state index in [0.29, 0.717) is 23.5 Å². The summed E-state index contributed by atoms with van der Waals surface area (Å²) >= 11 is 0. The van der Waals surface area contributed by atoms with Crippen LogP contribution in [0.15, 0.2) is 24.3 Å². The molecule has 0 amide bonds. The molecule has 0 unspecified atom stereocenters. The third kappa shape index (κ3) is 2.32. The highest BCUT2D eigenvalue weighted by Gasteiger charge is 2.13. The maximum absolute atomic E-state index is 13.2. The molecule has 90 valence electrons. The van der Waals surface area contributed by atoms with E-state index < -0.39 is 0 Å². The smallest absolute Gasteiger partial charge is 0.123 e. The van der Waals surface area contributed by atoms with Gasteiger partial charge < -0.3 is 10.8 Å². The maximum atomic E-state index is 13.2. The van der Waals surface area contributed by atoms with Crippen molar-refractivity contribution >= 4 is 0 Å². The van der Waals surface area contributed by atoms with Crippen LogP contribution < -0.4 is 5.73 Å². The molecule has 0 aliphatic heterocycles. The summed E-state index contributed by atoms with van der Waals surface area (Å²) in [6, 6.07) is 6.13. The van der Waals surface area contributed by atoms with Crippen molar-refractivity contribution in [1.82, 2.24) is 15.0 Å². The highest BCUT2D eigenvalue weighted by atomic mass is 19.1. The summed E-state index contributed by atoms with van der Waals surface area (Å²) in [7, 11) is 0. The first kappa shape index (κ1) is 11.7. The van der Waals surface area contributed by atoms with Crippen LogP contribution in [0.5, 0.6) is 0 Å². The SMILES string of the molecule is NCc1nnn(CCO)c1-c1cccc(F)c1. The van der Waals surface area contributed by atoms with Gasteiger partial charge in [-0.15, -0.1) is 5.10 Å². The second-order valence-electron chi connectivity index (χ2n) is 3.55. The van der Waals surface area contributed by atoms with E-state index >= 15 is 0 Å². The monoisotopic (exact) mass is 236 g/mol. The average Bonchev–Trinajstić information content (AvgIpc) is 2.72. The molecule has 0 bridgehead atoms. The highest BCUT2D eigenvalue weighted by molar-refractivity contribution is 5.61. The van der Waals surface area contributed by atoms with Crippen LogP contribution >= 0.6 is 0 Å². The molecule has 0 aliphatic rings. The lowest BCUT2D eigenvalue weighted by molar-refractivity contribution is 0.269. The third-order valence-corrected chi connectivity index (χ3v) is 2.41. The van der Waals surface area contributed by atoms with E-state index in [1.54, 1.807) is 12.1 Å². The summed E-state index contributed by atoms with van der Waals surface area (Å²) in [6.45, 7) is 0.464. The molecule has 1 aromatic heterocycles. The molecule has 5 nitrogen and oxygen atoms in total. The third-order valence-electron chi connectivity index (χ3n) is 2.41. The van der Waals surface area contributed by atoms with Gasteiger partial charge in [0.15, 0.2) is 0 Å². The number of aliphatic hydroxyl groups is 1. The van der Waals surface area contributed by atoms with Crippen LogP contribution in [0, 0.1) is 5.82 Å². The summed E-state index contributed by atoms with van der Waals surface area (Å²) in [5.74, 6) is -0.331. The van der Waals surface area contributed by atoms with Gasteiger partial charge in [-0.2, -0.15) is 0 Å². The van der Waals surface area contributed by atoms with Gasteiger partial charge in [0.25, 0.3) is 0 Å². The lowest BCUT2D eigenvalue weighted by Crippen LogP contribution is -2.07. The second-order valence-corrected chi connectivity index (χ2v) is 3.55. The van der Waals surface area contributed by atoms with Crippen molar-refractivity contribution in [3.63, 3.8) is 0 Å². The molecule has 0 saturated heterocycles. The van der Waals surface area contributed by atoms with Gasteiger partial charge in [0.05, 0.1) is 18.8 Å². The zero-order valence-corrected chi connectivity index (χ0v) is 9.17. The van der Waals surface area contributed by atoms with E-state index in [2.05, 4.69) is 10.3 Å². The van der Waals surface area contributed by atoms with E-state index in [0.717, 1.165) is 0 Å². The Morgan fingerprint density at radius 3 is 2.88 bits per heavy atom. The Bertz CT molecular complexity index is 512. The van der Waals surface area contributed by atoms with Gasteiger partial charge in [-0.1, -0.05) is 17.3 Å². The van der Waals surface area contributed by atoms with Crippen LogP contribution in [-0.4, -0.2) is 26.7 Å². The van der Waals surface area contributed by atoms with Gasteiger partial charge >= 0.3 is 0 Å². The Morgan fingerprint density at radius 2 is 2.24 bits per heavy atom. The van der Waals surface area contributed by atoms with Crippen molar-refractivity contribution < 1.29 is 9.50 Å². The molecular formula is C11H13FN4O. The number of rotatable bonds is 4. The van der Waals surface area contributed by atoms with Crippen LogP contribution in [0.25, 0.3) is 11.3 Å². The molecule has 6 heteroatoms.